The molecule has 0 saturated heterocycles. The van der Waals surface area contributed by atoms with Crippen LogP contribution in [0.1, 0.15) is 70.1 Å². The maximum atomic E-state index is 12.2. The summed E-state index contributed by atoms with van der Waals surface area (Å²) in [5.74, 6) is 0.0364. The van der Waals surface area contributed by atoms with E-state index in [4.69, 9.17) is 4.42 Å². The van der Waals surface area contributed by atoms with Crippen LogP contribution in [0.4, 0.5) is 8.78 Å². The molecule has 1 fully saturated rings. The Morgan fingerprint density at radius 1 is 1.12 bits per heavy atom. The van der Waals surface area contributed by atoms with Gasteiger partial charge in [0, 0.05) is 5.92 Å². The van der Waals surface area contributed by atoms with Crippen LogP contribution in [0.25, 0.3) is 0 Å². The third kappa shape index (κ3) is 3.25. The van der Waals surface area contributed by atoms with Crippen LogP contribution in [-0.4, -0.2) is 10.2 Å². The Labute approximate surface area is 94.2 Å². The SMILES string of the molecule is CC.FC(F)c1nnc(C2CCCCC2)o1. The molecule has 16 heavy (non-hydrogen) atoms. The molecule has 2 rings (SSSR count). The minimum Gasteiger partial charge on any atom is -0.419 e. The highest BCUT2D eigenvalue weighted by molar-refractivity contribution is 4.93. The van der Waals surface area contributed by atoms with Crippen LogP contribution in [0.15, 0.2) is 4.42 Å². The fourth-order valence-corrected chi connectivity index (χ4v) is 1.85. The van der Waals surface area contributed by atoms with Crippen LogP contribution in [0, 0.1) is 0 Å². The van der Waals surface area contributed by atoms with Gasteiger partial charge in [0.1, 0.15) is 0 Å². The Morgan fingerprint density at radius 3 is 2.25 bits per heavy atom. The van der Waals surface area contributed by atoms with Gasteiger partial charge < -0.3 is 4.42 Å². The number of alkyl halides is 2. The first-order chi connectivity index (χ1) is 7.77. The largest absolute Gasteiger partial charge is 0.419 e. The lowest BCUT2D eigenvalue weighted by molar-refractivity contribution is 0.112. The van der Waals surface area contributed by atoms with Crippen LogP contribution < -0.4 is 0 Å². The summed E-state index contributed by atoms with van der Waals surface area (Å²) in [5.41, 5.74) is 0. The third-order valence-electron chi connectivity index (χ3n) is 2.60. The number of halogens is 2. The standard InChI is InChI=1S/C9H12F2N2O.C2H6/c10-7(11)9-13-12-8(14-9)6-4-2-1-3-5-6;1-2/h6-7H,1-5H2;1-2H3. The molecule has 0 aromatic carbocycles. The molecule has 1 heterocycles. The molecule has 1 aromatic rings. The van der Waals surface area contributed by atoms with Gasteiger partial charge in [0.05, 0.1) is 0 Å². The van der Waals surface area contributed by atoms with E-state index >= 15 is 0 Å². The van der Waals surface area contributed by atoms with Gasteiger partial charge in [-0.25, -0.2) is 0 Å². The van der Waals surface area contributed by atoms with E-state index < -0.39 is 12.3 Å². The van der Waals surface area contributed by atoms with E-state index in [0.29, 0.717) is 5.89 Å². The Balaban J connectivity index is 0.000000606. The molecule has 0 radical (unpaired) electrons. The lowest BCUT2D eigenvalue weighted by Crippen LogP contribution is -2.04. The summed E-state index contributed by atoms with van der Waals surface area (Å²) in [4.78, 5) is 0. The topological polar surface area (TPSA) is 38.9 Å². The van der Waals surface area contributed by atoms with Crippen molar-refractivity contribution < 1.29 is 13.2 Å². The van der Waals surface area contributed by atoms with Crippen LogP contribution in [0.5, 0.6) is 0 Å². The van der Waals surface area contributed by atoms with Crippen molar-refractivity contribution in [3.05, 3.63) is 11.8 Å². The van der Waals surface area contributed by atoms with Crippen molar-refractivity contribution in [2.24, 2.45) is 0 Å². The van der Waals surface area contributed by atoms with Crippen molar-refractivity contribution >= 4 is 0 Å². The van der Waals surface area contributed by atoms with E-state index in [9.17, 15) is 8.78 Å². The smallest absolute Gasteiger partial charge is 0.314 e. The molecule has 1 aromatic heterocycles. The summed E-state index contributed by atoms with van der Waals surface area (Å²) in [6, 6.07) is 0. The lowest BCUT2D eigenvalue weighted by atomic mass is 9.89. The maximum Gasteiger partial charge on any atom is 0.314 e. The summed E-state index contributed by atoms with van der Waals surface area (Å²) >= 11 is 0. The first-order valence-corrected chi connectivity index (χ1v) is 5.89. The monoisotopic (exact) mass is 232 g/mol. The summed E-state index contributed by atoms with van der Waals surface area (Å²) in [7, 11) is 0. The minimum absolute atomic E-state index is 0.198. The first-order valence-electron chi connectivity index (χ1n) is 5.89. The number of nitrogens with zero attached hydrogens (tertiary/aromatic N) is 2. The Hall–Kier alpha value is -1.00. The van der Waals surface area contributed by atoms with Gasteiger partial charge in [-0.15, -0.1) is 10.2 Å². The zero-order valence-electron chi connectivity index (χ0n) is 9.75. The molecule has 0 bridgehead atoms. The van der Waals surface area contributed by atoms with E-state index in [1.54, 1.807) is 0 Å². The third-order valence-corrected chi connectivity index (χ3v) is 2.60. The van der Waals surface area contributed by atoms with E-state index in [-0.39, 0.29) is 5.92 Å². The molecule has 0 aliphatic heterocycles. The highest BCUT2D eigenvalue weighted by atomic mass is 19.3. The molecule has 0 atom stereocenters. The quantitative estimate of drug-likeness (QED) is 0.771. The molecule has 0 N–H and O–H groups in total. The molecular formula is C11H18F2N2O. The van der Waals surface area contributed by atoms with E-state index in [1.165, 1.54) is 6.42 Å². The van der Waals surface area contributed by atoms with Crippen LogP contribution in [0.3, 0.4) is 0 Å². The van der Waals surface area contributed by atoms with Gasteiger partial charge in [0.15, 0.2) is 0 Å². The Kier molecular flexibility index (Phi) is 5.35. The number of hydrogen-bond acceptors (Lipinski definition) is 3. The molecule has 0 unspecified atom stereocenters. The second-order valence-corrected chi connectivity index (χ2v) is 3.61. The average molecular weight is 232 g/mol. The molecule has 0 spiro atoms. The second-order valence-electron chi connectivity index (χ2n) is 3.61. The van der Waals surface area contributed by atoms with Crippen LogP contribution >= 0.6 is 0 Å². The number of rotatable bonds is 2. The molecular weight excluding hydrogens is 214 g/mol. The second kappa shape index (κ2) is 6.55. The highest BCUT2D eigenvalue weighted by Crippen LogP contribution is 2.32. The predicted molar refractivity (Wildman–Crippen MR) is 56.4 cm³/mol. The normalized spacial score (nSPS) is 17.1. The van der Waals surface area contributed by atoms with Gasteiger partial charge in [-0.3, -0.25) is 0 Å². The number of aromatic nitrogens is 2. The van der Waals surface area contributed by atoms with E-state index in [1.807, 2.05) is 13.8 Å². The summed E-state index contributed by atoms with van der Waals surface area (Å²) in [6.45, 7) is 4.00. The summed E-state index contributed by atoms with van der Waals surface area (Å²) in [6.07, 6.45) is 2.76. The van der Waals surface area contributed by atoms with Crippen molar-refractivity contribution in [1.29, 1.82) is 0 Å². The van der Waals surface area contributed by atoms with Gasteiger partial charge >= 0.3 is 6.43 Å². The Morgan fingerprint density at radius 2 is 1.75 bits per heavy atom. The zero-order valence-corrected chi connectivity index (χ0v) is 9.75. The predicted octanol–water partition coefficient (Wildman–Crippen LogP) is 4.08. The molecule has 1 aliphatic rings. The van der Waals surface area contributed by atoms with Crippen LogP contribution in [0.2, 0.25) is 0 Å². The Bertz CT molecular complexity index is 296. The van der Waals surface area contributed by atoms with Gasteiger partial charge in [-0.05, 0) is 12.8 Å². The van der Waals surface area contributed by atoms with Crippen molar-refractivity contribution in [2.75, 3.05) is 0 Å². The van der Waals surface area contributed by atoms with E-state index in [0.717, 1.165) is 25.7 Å². The average Bonchev–Trinajstić information content (AvgIpc) is 2.82. The highest BCUT2D eigenvalue weighted by Gasteiger charge is 2.23. The summed E-state index contributed by atoms with van der Waals surface area (Å²) in [5, 5.41) is 6.99. The van der Waals surface area contributed by atoms with Crippen molar-refractivity contribution in [3.63, 3.8) is 0 Å². The van der Waals surface area contributed by atoms with Gasteiger partial charge in [0.2, 0.25) is 5.89 Å². The maximum absolute atomic E-state index is 12.2. The van der Waals surface area contributed by atoms with Gasteiger partial charge in [-0.2, -0.15) is 8.78 Å². The van der Waals surface area contributed by atoms with Crippen molar-refractivity contribution in [3.8, 4) is 0 Å². The van der Waals surface area contributed by atoms with Gasteiger partial charge in [-0.1, -0.05) is 33.1 Å². The first kappa shape index (κ1) is 13.1. The van der Waals surface area contributed by atoms with Gasteiger partial charge in [0.25, 0.3) is 5.89 Å². The molecule has 1 aliphatic carbocycles. The zero-order chi connectivity index (χ0) is 12.0. The van der Waals surface area contributed by atoms with E-state index in [2.05, 4.69) is 10.2 Å². The number of hydrogen-bond donors (Lipinski definition) is 0. The molecule has 0 amide bonds. The summed E-state index contributed by atoms with van der Waals surface area (Å²) < 4.78 is 29.2. The fraction of sp³-hybridized carbons (Fsp3) is 0.818. The molecule has 5 heteroatoms. The van der Waals surface area contributed by atoms with Crippen LogP contribution in [-0.2, 0) is 0 Å². The minimum atomic E-state index is -2.65. The molecule has 3 nitrogen and oxygen atoms in total. The fourth-order valence-electron chi connectivity index (χ4n) is 1.85. The lowest BCUT2D eigenvalue weighted by Gasteiger charge is -2.17. The molecule has 92 valence electrons. The molecule has 1 saturated carbocycles. The van der Waals surface area contributed by atoms with Crippen molar-refractivity contribution in [2.45, 2.75) is 58.3 Å². The van der Waals surface area contributed by atoms with Crippen molar-refractivity contribution in [1.82, 2.24) is 10.2 Å².